The minimum absolute atomic E-state index is 0.779. The van der Waals surface area contributed by atoms with E-state index in [0.29, 0.717) is 0 Å². The lowest BCUT2D eigenvalue weighted by Crippen LogP contribution is -1.96. The zero-order valence-corrected chi connectivity index (χ0v) is 14.0. The predicted molar refractivity (Wildman–Crippen MR) is 110 cm³/mol. The first-order valence-electron chi connectivity index (χ1n) is 8.49. The normalized spacial score (nSPS) is 11.6. The van der Waals surface area contributed by atoms with Crippen LogP contribution in [0.15, 0.2) is 72.8 Å². The van der Waals surface area contributed by atoms with Crippen molar-refractivity contribution in [3.8, 4) is 0 Å². The van der Waals surface area contributed by atoms with Crippen molar-refractivity contribution in [3.05, 3.63) is 72.8 Å². The summed E-state index contributed by atoms with van der Waals surface area (Å²) in [6, 6.07) is 26.2. The van der Waals surface area contributed by atoms with Crippen LogP contribution in [0, 0.1) is 0 Å². The molecule has 0 aliphatic carbocycles. The van der Waals surface area contributed by atoms with E-state index in [0.717, 1.165) is 16.8 Å². The highest BCUT2D eigenvalue weighted by atomic mass is 14.9. The number of nitrogens with one attached hydrogen (secondary N) is 1. The maximum absolute atomic E-state index is 6.13. The van der Waals surface area contributed by atoms with E-state index < -0.39 is 0 Å². The van der Waals surface area contributed by atoms with Gasteiger partial charge in [0.05, 0.1) is 11.4 Å². The Bertz CT molecular complexity index is 1290. The first kappa shape index (κ1) is 14.1. The molecule has 2 heteroatoms. The van der Waals surface area contributed by atoms with Crippen LogP contribution in [0.1, 0.15) is 0 Å². The zero-order valence-electron chi connectivity index (χ0n) is 14.0. The summed E-state index contributed by atoms with van der Waals surface area (Å²) in [5.41, 5.74) is 7.91. The highest BCUT2D eigenvalue weighted by molar-refractivity contribution is 6.11. The fourth-order valence-corrected chi connectivity index (χ4v) is 3.81. The van der Waals surface area contributed by atoms with Crippen LogP contribution in [-0.2, 0) is 0 Å². The maximum Gasteiger partial charge on any atom is 0.0651 e. The van der Waals surface area contributed by atoms with Crippen LogP contribution < -0.4 is 11.1 Å². The quantitative estimate of drug-likeness (QED) is 0.297. The summed E-state index contributed by atoms with van der Waals surface area (Å²) in [7, 11) is 1.92. The van der Waals surface area contributed by atoms with Crippen LogP contribution in [0.25, 0.3) is 43.1 Å². The molecule has 0 radical (unpaired) electrons. The van der Waals surface area contributed by atoms with Gasteiger partial charge in [0.1, 0.15) is 0 Å². The molecule has 0 unspecified atom stereocenters. The molecule has 0 aromatic heterocycles. The number of benzene rings is 5. The Kier molecular flexibility index (Phi) is 2.89. The number of anilines is 2. The van der Waals surface area contributed by atoms with Gasteiger partial charge in [-0.2, -0.15) is 0 Å². The second-order valence-electron chi connectivity index (χ2n) is 6.60. The van der Waals surface area contributed by atoms with Gasteiger partial charge >= 0.3 is 0 Å². The summed E-state index contributed by atoms with van der Waals surface area (Å²) >= 11 is 0. The van der Waals surface area contributed by atoms with Crippen molar-refractivity contribution in [2.45, 2.75) is 0 Å². The van der Waals surface area contributed by atoms with Gasteiger partial charge in [-0.25, -0.2) is 0 Å². The Morgan fingerprint density at radius 1 is 0.600 bits per heavy atom. The molecule has 0 aliphatic heterocycles. The molecular weight excluding hydrogens is 304 g/mol. The second kappa shape index (κ2) is 5.12. The van der Waals surface area contributed by atoms with Crippen molar-refractivity contribution >= 4 is 54.5 Å². The van der Waals surface area contributed by atoms with Crippen molar-refractivity contribution in [3.63, 3.8) is 0 Å². The van der Waals surface area contributed by atoms with Gasteiger partial charge in [-0.15, -0.1) is 0 Å². The SMILES string of the molecule is CNc1c(N)ccc2cc3cc4cc5ccccc5cc4cc3cc12. The molecule has 25 heavy (non-hydrogen) atoms. The molecule has 0 atom stereocenters. The van der Waals surface area contributed by atoms with Crippen LogP contribution in [0.2, 0.25) is 0 Å². The van der Waals surface area contributed by atoms with E-state index in [1.54, 1.807) is 0 Å². The van der Waals surface area contributed by atoms with Crippen LogP contribution in [-0.4, -0.2) is 7.05 Å². The fourth-order valence-electron chi connectivity index (χ4n) is 3.81. The van der Waals surface area contributed by atoms with Gasteiger partial charge in [0.15, 0.2) is 0 Å². The minimum Gasteiger partial charge on any atom is -0.397 e. The molecule has 0 aliphatic rings. The third kappa shape index (κ3) is 2.11. The molecule has 0 bridgehead atoms. The van der Waals surface area contributed by atoms with Crippen molar-refractivity contribution in [1.82, 2.24) is 0 Å². The Balaban J connectivity index is 1.89. The molecule has 0 saturated carbocycles. The average Bonchev–Trinajstić information content (AvgIpc) is 2.63. The van der Waals surface area contributed by atoms with Crippen molar-refractivity contribution < 1.29 is 0 Å². The number of rotatable bonds is 1. The van der Waals surface area contributed by atoms with Gasteiger partial charge in [0, 0.05) is 12.4 Å². The molecule has 0 spiro atoms. The second-order valence-corrected chi connectivity index (χ2v) is 6.60. The molecule has 0 fully saturated rings. The molecule has 0 saturated heterocycles. The number of hydrogen-bond donors (Lipinski definition) is 2. The summed E-state index contributed by atoms with van der Waals surface area (Å²) in [4.78, 5) is 0. The standard InChI is InChI=1S/C23H18N2/c1-25-23-21-13-20-12-18-9-15-5-3-2-4-14(15)8-17(18)11-19(20)10-16(21)6-7-22(23)24/h2-13,25H,24H2,1H3. The third-order valence-corrected chi connectivity index (χ3v) is 5.08. The summed E-state index contributed by atoms with van der Waals surface area (Å²) in [6.45, 7) is 0. The molecule has 5 rings (SSSR count). The van der Waals surface area contributed by atoms with E-state index in [2.05, 4.69) is 72.0 Å². The Morgan fingerprint density at radius 3 is 1.72 bits per heavy atom. The summed E-state index contributed by atoms with van der Waals surface area (Å²) in [5.74, 6) is 0. The van der Waals surface area contributed by atoms with Crippen molar-refractivity contribution in [2.24, 2.45) is 0 Å². The van der Waals surface area contributed by atoms with Gasteiger partial charge in [0.2, 0.25) is 0 Å². The number of nitrogen functional groups attached to an aromatic ring is 1. The van der Waals surface area contributed by atoms with Crippen molar-refractivity contribution in [2.75, 3.05) is 18.1 Å². The third-order valence-electron chi connectivity index (χ3n) is 5.08. The van der Waals surface area contributed by atoms with E-state index in [-0.39, 0.29) is 0 Å². The van der Waals surface area contributed by atoms with Crippen LogP contribution in [0.3, 0.4) is 0 Å². The molecular formula is C23H18N2. The Hall–Kier alpha value is -3.26. The fraction of sp³-hybridized carbons (Fsp3) is 0.0435. The number of hydrogen-bond acceptors (Lipinski definition) is 2. The molecule has 2 nitrogen and oxygen atoms in total. The molecule has 0 amide bonds. The highest BCUT2D eigenvalue weighted by Crippen LogP contribution is 2.34. The monoisotopic (exact) mass is 322 g/mol. The topological polar surface area (TPSA) is 38.0 Å². The van der Waals surface area contributed by atoms with E-state index in [9.17, 15) is 0 Å². The van der Waals surface area contributed by atoms with Gasteiger partial charge in [-0.1, -0.05) is 30.3 Å². The van der Waals surface area contributed by atoms with Gasteiger partial charge < -0.3 is 11.1 Å². The first-order chi connectivity index (χ1) is 12.2. The lowest BCUT2D eigenvalue weighted by Gasteiger charge is -2.12. The summed E-state index contributed by atoms with van der Waals surface area (Å²) < 4.78 is 0. The molecule has 5 aromatic carbocycles. The minimum atomic E-state index is 0.779. The summed E-state index contributed by atoms with van der Waals surface area (Å²) in [5, 5.41) is 13.2. The maximum atomic E-state index is 6.13. The predicted octanol–water partition coefficient (Wildman–Crippen LogP) is 5.92. The van der Waals surface area contributed by atoms with Gasteiger partial charge in [0.25, 0.3) is 0 Å². The molecule has 120 valence electrons. The first-order valence-corrected chi connectivity index (χ1v) is 8.49. The Morgan fingerprint density at radius 2 is 1.12 bits per heavy atom. The van der Waals surface area contributed by atoms with Gasteiger partial charge in [-0.05, 0) is 80.2 Å². The molecule has 5 aromatic rings. The van der Waals surface area contributed by atoms with E-state index in [4.69, 9.17) is 5.73 Å². The van der Waals surface area contributed by atoms with Crippen LogP contribution in [0.4, 0.5) is 11.4 Å². The van der Waals surface area contributed by atoms with E-state index in [1.807, 2.05) is 13.1 Å². The van der Waals surface area contributed by atoms with Crippen molar-refractivity contribution in [1.29, 1.82) is 0 Å². The lowest BCUT2D eigenvalue weighted by molar-refractivity contribution is 1.55. The molecule has 3 N–H and O–H groups in total. The number of fused-ring (bicyclic) bond motifs is 4. The highest BCUT2D eigenvalue weighted by Gasteiger charge is 2.07. The van der Waals surface area contributed by atoms with Crippen LogP contribution in [0.5, 0.6) is 0 Å². The largest absolute Gasteiger partial charge is 0.397 e. The van der Waals surface area contributed by atoms with E-state index in [1.165, 1.54) is 37.7 Å². The van der Waals surface area contributed by atoms with E-state index >= 15 is 0 Å². The smallest absolute Gasteiger partial charge is 0.0651 e. The Labute approximate surface area is 145 Å². The molecule has 0 heterocycles. The average molecular weight is 322 g/mol. The summed E-state index contributed by atoms with van der Waals surface area (Å²) in [6.07, 6.45) is 0. The number of nitrogens with two attached hydrogens (primary N) is 1. The van der Waals surface area contributed by atoms with Gasteiger partial charge in [-0.3, -0.25) is 0 Å². The lowest BCUT2D eigenvalue weighted by atomic mass is 9.97. The zero-order chi connectivity index (χ0) is 17.0. The van der Waals surface area contributed by atoms with Crippen LogP contribution >= 0.6 is 0 Å².